The van der Waals surface area contributed by atoms with E-state index in [1.165, 1.54) is 0 Å². The number of nitrogens with two attached hydrogens (primary N) is 1. The fraction of sp³-hybridized carbons (Fsp3) is 0.429. The van der Waals surface area contributed by atoms with E-state index in [2.05, 4.69) is 10.2 Å². The van der Waals surface area contributed by atoms with Crippen LogP contribution in [0.15, 0.2) is 18.2 Å². The zero-order valence-electron chi connectivity index (χ0n) is 11.6. The van der Waals surface area contributed by atoms with E-state index in [1.807, 2.05) is 19.1 Å². The third kappa shape index (κ3) is 2.74. The molecule has 3 N–H and O–H groups in total. The summed E-state index contributed by atoms with van der Waals surface area (Å²) in [4.78, 5) is 14.4. The number of thiocarbonyl (C=S) groups is 1. The maximum Gasteiger partial charge on any atom is 0.227 e. The number of carbonyl (C=O) groups excluding carboxylic acids is 1. The Morgan fingerprint density at radius 2 is 2.25 bits per heavy atom. The first-order valence-corrected chi connectivity index (χ1v) is 7.22. The number of hydrogen-bond donors (Lipinski definition) is 2. The van der Waals surface area contributed by atoms with E-state index >= 15 is 0 Å². The van der Waals surface area contributed by atoms with Crippen molar-refractivity contribution in [1.82, 2.24) is 5.32 Å². The lowest BCUT2D eigenvalue weighted by molar-refractivity contribution is -0.128. The summed E-state index contributed by atoms with van der Waals surface area (Å²) in [6.45, 7) is 3.43. The Morgan fingerprint density at radius 1 is 1.55 bits per heavy atom. The average Bonchev–Trinajstić information content (AvgIpc) is 2.81. The van der Waals surface area contributed by atoms with E-state index in [9.17, 15) is 4.79 Å². The normalized spacial score (nSPS) is 21.9. The molecule has 1 aliphatic heterocycles. The molecular formula is C14H18ClN3OS. The van der Waals surface area contributed by atoms with Gasteiger partial charge in [-0.2, -0.15) is 0 Å². The Kier molecular flexibility index (Phi) is 4.20. The maximum atomic E-state index is 11.9. The number of anilines is 1. The van der Waals surface area contributed by atoms with Crippen LogP contribution in [0.2, 0.25) is 5.02 Å². The van der Waals surface area contributed by atoms with Crippen LogP contribution in [0.4, 0.5) is 5.69 Å². The highest BCUT2D eigenvalue weighted by Gasteiger charge is 2.40. The van der Waals surface area contributed by atoms with Gasteiger partial charge < -0.3 is 16.0 Å². The molecule has 0 aromatic heterocycles. The second kappa shape index (κ2) is 5.58. The van der Waals surface area contributed by atoms with Crippen molar-refractivity contribution in [2.45, 2.75) is 13.3 Å². The van der Waals surface area contributed by atoms with Crippen LogP contribution in [0.25, 0.3) is 0 Å². The Hall–Kier alpha value is -1.33. The van der Waals surface area contributed by atoms with Crippen molar-refractivity contribution in [1.29, 1.82) is 0 Å². The molecule has 0 bridgehead atoms. The molecule has 4 nitrogen and oxygen atoms in total. The van der Waals surface area contributed by atoms with Crippen LogP contribution < -0.4 is 16.0 Å². The first-order chi connectivity index (χ1) is 9.37. The first kappa shape index (κ1) is 15.1. The second-order valence-electron chi connectivity index (χ2n) is 5.34. The van der Waals surface area contributed by atoms with Gasteiger partial charge in [0.1, 0.15) is 4.99 Å². The zero-order valence-corrected chi connectivity index (χ0v) is 13.1. The van der Waals surface area contributed by atoms with Crippen molar-refractivity contribution < 1.29 is 4.79 Å². The van der Waals surface area contributed by atoms with Crippen LogP contribution in [0, 0.1) is 5.41 Å². The molecule has 1 atom stereocenters. The summed E-state index contributed by atoms with van der Waals surface area (Å²) in [7, 11) is 1.67. The predicted molar refractivity (Wildman–Crippen MR) is 86.3 cm³/mol. The molecular weight excluding hydrogens is 294 g/mol. The van der Waals surface area contributed by atoms with Crippen LogP contribution in [0.3, 0.4) is 0 Å². The van der Waals surface area contributed by atoms with Crippen LogP contribution >= 0.6 is 23.8 Å². The number of rotatable bonds is 3. The third-order valence-corrected chi connectivity index (χ3v) is 4.36. The minimum atomic E-state index is -0.375. The number of nitrogens with one attached hydrogen (secondary N) is 1. The molecule has 1 fully saturated rings. The van der Waals surface area contributed by atoms with Crippen molar-refractivity contribution in [3.63, 3.8) is 0 Å². The Labute approximate surface area is 129 Å². The number of halogens is 1. The lowest BCUT2D eigenvalue weighted by atomic mass is 9.89. The van der Waals surface area contributed by atoms with Gasteiger partial charge in [0.25, 0.3) is 0 Å². The highest BCUT2D eigenvalue weighted by Crippen LogP contribution is 2.36. The lowest BCUT2D eigenvalue weighted by Crippen LogP contribution is -2.39. The summed E-state index contributed by atoms with van der Waals surface area (Å²) in [5.74, 6) is 0.0656. The van der Waals surface area contributed by atoms with E-state index in [4.69, 9.17) is 29.6 Å². The van der Waals surface area contributed by atoms with Crippen LogP contribution in [-0.2, 0) is 4.79 Å². The fourth-order valence-electron chi connectivity index (χ4n) is 2.57. The van der Waals surface area contributed by atoms with Crippen molar-refractivity contribution in [3.05, 3.63) is 28.8 Å². The van der Waals surface area contributed by atoms with Gasteiger partial charge in [-0.3, -0.25) is 4.79 Å². The summed E-state index contributed by atoms with van der Waals surface area (Å²) in [5.41, 5.74) is 6.89. The molecule has 2 rings (SSSR count). The highest BCUT2D eigenvalue weighted by atomic mass is 35.5. The van der Waals surface area contributed by atoms with Gasteiger partial charge in [0.15, 0.2) is 0 Å². The van der Waals surface area contributed by atoms with E-state index in [0.29, 0.717) is 16.6 Å². The lowest BCUT2D eigenvalue weighted by Gasteiger charge is -2.24. The van der Waals surface area contributed by atoms with Crippen molar-refractivity contribution in [3.8, 4) is 0 Å². The van der Waals surface area contributed by atoms with E-state index in [1.54, 1.807) is 13.1 Å². The molecule has 108 valence electrons. The minimum absolute atomic E-state index is 0.0656. The predicted octanol–water partition coefficient (Wildman–Crippen LogP) is 1.94. The van der Waals surface area contributed by atoms with Crippen LogP contribution in [0.1, 0.15) is 18.9 Å². The summed E-state index contributed by atoms with van der Waals surface area (Å²) in [5, 5.41) is 3.33. The third-order valence-electron chi connectivity index (χ3n) is 3.82. The SMILES string of the molecule is CNC(=O)C1(C)CCN(c2ccc(C(N)=S)cc2Cl)C1. The molecule has 1 saturated heterocycles. The summed E-state index contributed by atoms with van der Waals surface area (Å²) in [6.07, 6.45) is 0.806. The summed E-state index contributed by atoms with van der Waals surface area (Å²) >= 11 is 11.2. The van der Waals surface area contributed by atoms with Gasteiger partial charge >= 0.3 is 0 Å². The fourth-order valence-corrected chi connectivity index (χ4v) is 3.00. The standard InChI is InChI=1S/C14H18ClN3OS/c1-14(13(19)17-2)5-6-18(8-14)11-4-3-9(12(16)20)7-10(11)15/h3-4,7H,5-6,8H2,1-2H3,(H2,16,20)(H,17,19). The average molecular weight is 312 g/mol. The molecule has 1 aromatic rings. The second-order valence-corrected chi connectivity index (χ2v) is 6.19. The molecule has 1 amide bonds. The topological polar surface area (TPSA) is 58.4 Å². The van der Waals surface area contributed by atoms with Gasteiger partial charge in [-0.15, -0.1) is 0 Å². The molecule has 0 saturated carbocycles. The zero-order chi connectivity index (χ0) is 14.9. The number of benzene rings is 1. The number of nitrogens with zero attached hydrogens (tertiary/aromatic N) is 1. The van der Waals surface area contributed by atoms with Crippen LogP contribution in [-0.4, -0.2) is 31.0 Å². The molecule has 20 heavy (non-hydrogen) atoms. The quantitative estimate of drug-likeness (QED) is 0.838. The summed E-state index contributed by atoms with van der Waals surface area (Å²) in [6, 6.07) is 5.54. The highest BCUT2D eigenvalue weighted by molar-refractivity contribution is 7.80. The van der Waals surface area contributed by atoms with Crippen molar-refractivity contribution in [2.24, 2.45) is 11.1 Å². The van der Waals surface area contributed by atoms with Gasteiger partial charge in [0.2, 0.25) is 5.91 Å². The summed E-state index contributed by atoms with van der Waals surface area (Å²) < 4.78 is 0. The smallest absolute Gasteiger partial charge is 0.227 e. The monoisotopic (exact) mass is 311 g/mol. The maximum absolute atomic E-state index is 11.9. The van der Waals surface area contributed by atoms with Crippen LogP contribution in [0.5, 0.6) is 0 Å². The minimum Gasteiger partial charge on any atom is -0.389 e. The Bertz CT molecular complexity index is 563. The van der Waals surface area contributed by atoms with E-state index in [-0.39, 0.29) is 11.3 Å². The molecule has 0 radical (unpaired) electrons. The number of amides is 1. The molecule has 0 aliphatic carbocycles. The van der Waals surface area contributed by atoms with Gasteiger partial charge in [-0.05, 0) is 31.5 Å². The molecule has 1 aliphatic rings. The molecule has 1 unspecified atom stereocenters. The molecule has 1 heterocycles. The van der Waals surface area contributed by atoms with Gasteiger partial charge in [0, 0.05) is 25.7 Å². The Morgan fingerprint density at radius 3 is 2.80 bits per heavy atom. The van der Waals surface area contributed by atoms with Crippen molar-refractivity contribution in [2.75, 3.05) is 25.0 Å². The Balaban J connectivity index is 2.22. The van der Waals surface area contributed by atoms with E-state index < -0.39 is 0 Å². The molecule has 0 spiro atoms. The van der Waals surface area contributed by atoms with E-state index in [0.717, 1.165) is 24.2 Å². The van der Waals surface area contributed by atoms with Crippen molar-refractivity contribution >= 4 is 40.4 Å². The van der Waals surface area contributed by atoms with Gasteiger partial charge in [-0.25, -0.2) is 0 Å². The van der Waals surface area contributed by atoms with Gasteiger partial charge in [-0.1, -0.05) is 23.8 Å². The number of hydrogen-bond acceptors (Lipinski definition) is 3. The van der Waals surface area contributed by atoms with Gasteiger partial charge in [0.05, 0.1) is 16.1 Å². The molecule has 6 heteroatoms. The number of carbonyl (C=O) groups is 1. The largest absolute Gasteiger partial charge is 0.389 e. The molecule has 1 aromatic carbocycles. The first-order valence-electron chi connectivity index (χ1n) is 6.44.